The molecule has 1 aliphatic heterocycles. The van der Waals surface area contributed by atoms with Crippen molar-refractivity contribution in [1.82, 2.24) is 0 Å². The summed E-state index contributed by atoms with van der Waals surface area (Å²) in [5.41, 5.74) is 4.72. The number of benzene rings is 1. The van der Waals surface area contributed by atoms with Gasteiger partial charge in [-0.3, -0.25) is 10.1 Å². The Bertz CT molecular complexity index is 912. The van der Waals surface area contributed by atoms with Crippen molar-refractivity contribution in [2.24, 2.45) is 5.73 Å². The number of aromatic hydroxyl groups is 1. The molecule has 0 fully saturated rings. The zero-order chi connectivity index (χ0) is 20.3. The van der Waals surface area contributed by atoms with Gasteiger partial charge in [0.1, 0.15) is 23.2 Å². The second-order valence-electron chi connectivity index (χ2n) is 5.46. The molecule has 142 valence electrons. The van der Waals surface area contributed by atoms with Gasteiger partial charge in [0.2, 0.25) is 5.88 Å². The summed E-state index contributed by atoms with van der Waals surface area (Å²) in [5, 5.41) is 31.3. The molecular weight excluding hydrogens is 358 g/mol. The molecule has 1 aromatic carbocycles. The number of rotatable bonds is 5. The molecule has 0 spiro atoms. The summed E-state index contributed by atoms with van der Waals surface area (Å²) in [6.45, 7) is 3.08. The SMILES string of the molecule is CCOC(=O)C1=C(C)OC(N)=C(C#N)C1c1cc(OC)cc([N+](=O)[O-])c1O. The van der Waals surface area contributed by atoms with Crippen molar-refractivity contribution in [1.29, 1.82) is 5.26 Å². The van der Waals surface area contributed by atoms with Crippen LogP contribution in [0.15, 0.2) is 34.9 Å². The second kappa shape index (κ2) is 7.65. The van der Waals surface area contributed by atoms with Gasteiger partial charge in [0, 0.05) is 5.56 Å². The molecule has 10 heteroatoms. The highest BCUT2D eigenvalue weighted by atomic mass is 16.6. The molecular formula is C17H17N3O7. The second-order valence-corrected chi connectivity index (χ2v) is 5.46. The maximum absolute atomic E-state index is 12.5. The number of nitro groups is 1. The third-order valence-corrected chi connectivity index (χ3v) is 3.94. The Labute approximate surface area is 154 Å². The van der Waals surface area contributed by atoms with Gasteiger partial charge in [-0.25, -0.2) is 4.79 Å². The van der Waals surface area contributed by atoms with Crippen molar-refractivity contribution in [2.45, 2.75) is 19.8 Å². The first-order chi connectivity index (χ1) is 12.8. The summed E-state index contributed by atoms with van der Waals surface area (Å²) in [5.74, 6) is -2.92. The van der Waals surface area contributed by atoms with Crippen LogP contribution in [-0.4, -0.2) is 29.7 Å². The highest BCUT2D eigenvalue weighted by Crippen LogP contribution is 2.46. The predicted octanol–water partition coefficient (Wildman–Crippen LogP) is 1.95. The number of phenolic OH excluding ortho intramolecular Hbond substituents is 1. The number of phenols is 1. The fourth-order valence-corrected chi connectivity index (χ4v) is 2.76. The van der Waals surface area contributed by atoms with Crippen LogP contribution >= 0.6 is 0 Å². The van der Waals surface area contributed by atoms with Crippen molar-refractivity contribution >= 4 is 11.7 Å². The van der Waals surface area contributed by atoms with Gasteiger partial charge in [0.05, 0.1) is 36.2 Å². The maximum atomic E-state index is 12.5. The first-order valence-electron chi connectivity index (χ1n) is 7.77. The largest absolute Gasteiger partial charge is 0.502 e. The number of ether oxygens (including phenoxy) is 3. The third kappa shape index (κ3) is 3.48. The van der Waals surface area contributed by atoms with E-state index >= 15 is 0 Å². The zero-order valence-corrected chi connectivity index (χ0v) is 14.8. The van der Waals surface area contributed by atoms with Crippen LogP contribution in [0, 0.1) is 21.4 Å². The summed E-state index contributed by atoms with van der Waals surface area (Å²) in [6.07, 6.45) is 0. The van der Waals surface area contributed by atoms with Crippen molar-refractivity contribution in [3.8, 4) is 17.6 Å². The summed E-state index contributed by atoms with van der Waals surface area (Å²) in [6, 6.07) is 4.14. The fraction of sp³-hybridized carbons (Fsp3) is 0.294. The Morgan fingerprint density at radius 2 is 2.19 bits per heavy atom. The molecule has 0 saturated heterocycles. The number of nitrogens with zero attached hydrogens (tertiary/aromatic N) is 2. The molecule has 0 bridgehead atoms. The van der Waals surface area contributed by atoms with Gasteiger partial charge >= 0.3 is 11.7 Å². The van der Waals surface area contributed by atoms with Crippen LogP contribution in [0.4, 0.5) is 5.69 Å². The number of nitrogens with two attached hydrogens (primary N) is 1. The number of allylic oxidation sites excluding steroid dienone is 2. The summed E-state index contributed by atoms with van der Waals surface area (Å²) in [4.78, 5) is 22.9. The van der Waals surface area contributed by atoms with Crippen LogP contribution in [0.2, 0.25) is 0 Å². The molecule has 0 amide bonds. The number of carbonyl (C=O) groups excluding carboxylic acids is 1. The number of carbonyl (C=O) groups is 1. The lowest BCUT2D eigenvalue weighted by Gasteiger charge is -2.27. The Morgan fingerprint density at radius 1 is 1.52 bits per heavy atom. The predicted molar refractivity (Wildman–Crippen MR) is 91.3 cm³/mol. The fourth-order valence-electron chi connectivity index (χ4n) is 2.76. The molecule has 0 aliphatic carbocycles. The van der Waals surface area contributed by atoms with Crippen molar-refractivity contribution in [3.63, 3.8) is 0 Å². The van der Waals surface area contributed by atoms with Gasteiger partial charge in [0.25, 0.3) is 0 Å². The minimum Gasteiger partial charge on any atom is -0.502 e. The average Bonchev–Trinajstić information content (AvgIpc) is 2.61. The van der Waals surface area contributed by atoms with Crippen LogP contribution in [0.25, 0.3) is 0 Å². The van der Waals surface area contributed by atoms with Gasteiger partial charge in [0.15, 0.2) is 5.75 Å². The van der Waals surface area contributed by atoms with Gasteiger partial charge in [-0.15, -0.1) is 0 Å². The minimum atomic E-state index is -1.23. The van der Waals surface area contributed by atoms with E-state index in [1.54, 1.807) is 6.92 Å². The summed E-state index contributed by atoms with van der Waals surface area (Å²) < 4.78 is 15.3. The van der Waals surface area contributed by atoms with Gasteiger partial charge in [-0.05, 0) is 19.9 Å². The van der Waals surface area contributed by atoms with Crippen LogP contribution in [0.1, 0.15) is 25.3 Å². The summed E-state index contributed by atoms with van der Waals surface area (Å²) in [7, 11) is 1.28. The molecule has 0 radical (unpaired) electrons. The zero-order valence-electron chi connectivity index (χ0n) is 14.8. The molecule has 1 atom stereocenters. The van der Waals surface area contributed by atoms with Crippen LogP contribution < -0.4 is 10.5 Å². The molecule has 1 aromatic rings. The van der Waals surface area contributed by atoms with Crippen LogP contribution in [-0.2, 0) is 14.3 Å². The van der Waals surface area contributed by atoms with Gasteiger partial charge in [-0.2, -0.15) is 5.26 Å². The lowest BCUT2D eigenvalue weighted by atomic mass is 9.82. The van der Waals surface area contributed by atoms with E-state index in [4.69, 9.17) is 19.9 Å². The quantitative estimate of drug-likeness (QED) is 0.445. The Kier molecular flexibility index (Phi) is 5.55. The molecule has 0 aromatic heterocycles. The number of hydrogen-bond acceptors (Lipinski definition) is 9. The molecule has 2 rings (SSSR count). The summed E-state index contributed by atoms with van der Waals surface area (Å²) >= 11 is 0. The first kappa shape index (κ1) is 19.6. The standard InChI is InChI=1S/C17H17N3O7/c1-4-26-17(22)13-8(2)27-16(19)11(7-18)14(13)10-5-9(25-3)6-12(15(10)21)20(23)24/h5-6,14,21H,4,19H2,1-3H3. The van der Waals surface area contributed by atoms with E-state index in [0.29, 0.717) is 0 Å². The normalized spacial score (nSPS) is 16.4. The highest BCUT2D eigenvalue weighted by molar-refractivity contribution is 5.93. The number of nitriles is 1. The van der Waals surface area contributed by atoms with Gasteiger partial charge in [-0.1, -0.05) is 0 Å². The smallest absolute Gasteiger partial charge is 0.338 e. The molecule has 10 nitrogen and oxygen atoms in total. The Hall–Kier alpha value is -3.74. The van der Waals surface area contributed by atoms with E-state index in [1.807, 2.05) is 6.07 Å². The van der Waals surface area contributed by atoms with Crippen LogP contribution in [0.3, 0.4) is 0 Å². The van der Waals surface area contributed by atoms with E-state index < -0.39 is 28.2 Å². The van der Waals surface area contributed by atoms with E-state index in [0.717, 1.165) is 6.07 Å². The molecule has 1 unspecified atom stereocenters. The van der Waals surface area contributed by atoms with Gasteiger partial charge < -0.3 is 25.1 Å². The lowest BCUT2D eigenvalue weighted by molar-refractivity contribution is -0.386. The topological polar surface area (TPSA) is 158 Å². The number of nitro benzene ring substituents is 1. The van der Waals surface area contributed by atoms with Crippen molar-refractivity contribution in [2.75, 3.05) is 13.7 Å². The molecule has 1 aliphatic rings. The Balaban J connectivity index is 2.83. The molecule has 0 saturated carbocycles. The number of esters is 1. The number of hydrogen-bond donors (Lipinski definition) is 2. The van der Waals surface area contributed by atoms with E-state index in [1.165, 1.54) is 20.1 Å². The van der Waals surface area contributed by atoms with Crippen LogP contribution in [0.5, 0.6) is 11.5 Å². The number of methoxy groups -OCH3 is 1. The maximum Gasteiger partial charge on any atom is 0.338 e. The monoisotopic (exact) mass is 375 g/mol. The Morgan fingerprint density at radius 3 is 2.70 bits per heavy atom. The van der Waals surface area contributed by atoms with Crippen molar-refractivity contribution < 1.29 is 29.0 Å². The lowest BCUT2D eigenvalue weighted by Crippen LogP contribution is -2.25. The highest BCUT2D eigenvalue weighted by Gasteiger charge is 2.39. The van der Waals surface area contributed by atoms with E-state index in [-0.39, 0.29) is 40.7 Å². The first-order valence-corrected chi connectivity index (χ1v) is 7.77. The molecule has 3 N–H and O–H groups in total. The average molecular weight is 375 g/mol. The van der Waals surface area contributed by atoms with E-state index in [9.17, 15) is 25.3 Å². The third-order valence-electron chi connectivity index (χ3n) is 3.94. The minimum absolute atomic E-state index is 0.0493. The van der Waals surface area contributed by atoms with E-state index in [2.05, 4.69) is 0 Å². The molecule has 27 heavy (non-hydrogen) atoms. The molecule has 1 heterocycles. The van der Waals surface area contributed by atoms with Crippen molar-refractivity contribution in [3.05, 3.63) is 50.6 Å².